The van der Waals surface area contributed by atoms with Crippen molar-refractivity contribution in [1.82, 2.24) is 0 Å². The largest absolute Gasteiger partial charge is 0.411 e. The molecule has 1 rings (SSSR count). The lowest BCUT2D eigenvalue weighted by atomic mass is 9.96. The van der Waals surface area contributed by atoms with Gasteiger partial charge in [-0.1, -0.05) is 49.3 Å². The van der Waals surface area contributed by atoms with Crippen LogP contribution in [0.4, 0.5) is 0 Å². The topological polar surface area (TPSA) is 32.6 Å². The van der Waals surface area contributed by atoms with E-state index in [0.29, 0.717) is 5.92 Å². The minimum atomic E-state index is 0.299. The molecule has 0 aliphatic heterocycles. The fraction of sp³-hybridized carbons (Fsp3) is 0.364. The molecule has 0 aliphatic carbocycles. The Morgan fingerprint density at radius 1 is 1.38 bits per heavy atom. The summed E-state index contributed by atoms with van der Waals surface area (Å²) in [5, 5.41) is 12.2. The van der Waals surface area contributed by atoms with Crippen LogP contribution in [0.15, 0.2) is 35.5 Å². The van der Waals surface area contributed by atoms with Crippen LogP contribution in [0.5, 0.6) is 0 Å². The molecule has 0 aromatic heterocycles. The molecule has 0 amide bonds. The highest BCUT2D eigenvalue weighted by molar-refractivity contribution is 6.01. The van der Waals surface area contributed by atoms with Crippen LogP contribution in [0, 0.1) is 5.92 Å². The van der Waals surface area contributed by atoms with Crippen LogP contribution in [0.2, 0.25) is 0 Å². The van der Waals surface area contributed by atoms with E-state index < -0.39 is 0 Å². The van der Waals surface area contributed by atoms with Crippen LogP contribution < -0.4 is 0 Å². The molecular formula is C11H15NO. The van der Waals surface area contributed by atoms with Gasteiger partial charge < -0.3 is 5.21 Å². The average molecular weight is 177 g/mol. The third-order valence-corrected chi connectivity index (χ3v) is 2.26. The van der Waals surface area contributed by atoms with Gasteiger partial charge in [-0.15, -0.1) is 0 Å². The number of benzene rings is 1. The zero-order valence-electron chi connectivity index (χ0n) is 8.07. The van der Waals surface area contributed by atoms with Crippen molar-refractivity contribution in [3.05, 3.63) is 35.9 Å². The van der Waals surface area contributed by atoms with Crippen LogP contribution >= 0.6 is 0 Å². The summed E-state index contributed by atoms with van der Waals surface area (Å²) in [6.45, 7) is 4.14. The molecule has 2 heteroatoms. The van der Waals surface area contributed by atoms with Gasteiger partial charge in [0, 0.05) is 5.92 Å². The van der Waals surface area contributed by atoms with Gasteiger partial charge >= 0.3 is 0 Å². The van der Waals surface area contributed by atoms with Gasteiger partial charge in [0.15, 0.2) is 0 Å². The molecule has 13 heavy (non-hydrogen) atoms. The lowest BCUT2D eigenvalue weighted by Crippen LogP contribution is -2.11. The second kappa shape index (κ2) is 4.65. The van der Waals surface area contributed by atoms with Crippen molar-refractivity contribution in [2.75, 3.05) is 0 Å². The van der Waals surface area contributed by atoms with E-state index in [-0.39, 0.29) is 0 Å². The Hall–Kier alpha value is -1.31. The van der Waals surface area contributed by atoms with Gasteiger partial charge in [-0.05, 0) is 12.0 Å². The molecule has 0 heterocycles. The van der Waals surface area contributed by atoms with Crippen molar-refractivity contribution < 1.29 is 5.21 Å². The maximum Gasteiger partial charge on any atom is 0.0895 e. The van der Waals surface area contributed by atoms with Crippen molar-refractivity contribution in [3.8, 4) is 0 Å². The first-order valence-electron chi connectivity index (χ1n) is 4.57. The molecule has 2 nitrogen and oxygen atoms in total. The van der Waals surface area contributed by atoms with Gasteiger partial charge in [0.2, 0.25) is 0 Å². The highest BCUT2D eigenvalue weighted by Crippen LogP contribution is 2.12. The maximum atomic E-state index is 8.87. The fourth-order valence-corrected chi connectivity index (χ4v) is 1.24. The molecule has 0 saturated carbocycles. The fourth-order valence-electron chi connectivity index (χ4n) is 1.24. The minimum Gasteiger partial charge on any atom is -0.411 e. The average Bonchev–Trinajstić information content (AvgIpc) is 2.20. The molecule has 70 valence electrons. The Morgan fingerprint density at radius 3 is 2.46 bits per heavy atom. The Balaban J connectivity index is 2.93. The number of oxime groups is 1. The summed E-state index contributed by atoms with van der Waals surface area (Å²) in [5.74, 6) is 0.299. The van der Waals surface area contributed by atoms with Gasteiger partial charge in [-0.3, -0.25) is 0 Å². The molecule has 0 aliphatic rings. The van der Waals surface area contributed by atoms with Crippen molar-refractivity contribution in [1.29, 1.82) is 0 Å². The van der Waals surface area contributed by atoms with Crippen LogP contribution in [-0.2, 0) is 0 Å². The van der Waals surface area contributed by atoms with E-state index in [1.54, 1.807) is 0 Å². The summed E-state index contributed by atoms with van der Waals surface area (Å²) in [4.78, 5) is 0. The first kappa shape index (κ1) is 9.78. The van der Waals surface area contributed by atoms with E-state index in [1.165, 1.54) is 0 Å². The van der Waals surface area contributed by atoms with E-state index >= 15 is 0 Å². The minimum absolute atomic E-state index is 0.299. The van der Waals surface area contributed by atoms with Crippen LogP contribution in [0.3, 0.4) is 0 Å². The van der Waals surface area contributed by atoms with Gasteiger partial charge in [-0.2, -0.15) is 0 Å². The number of hydrogen-bond acceptors (Lipinski definition) is 2. The molecule has 1 unspecified atom stereocenters. The summed E-state index contributed by atoms with van der Waals surface area (Å²) in [5.41, 5.74) is 1.77. The smallest absolute Gasteiger partial charge is 0.0895 e. The van der Waals surface area contributed by atoms with Gasteiger partial charge in [0.05, 0.1) is 5.71 Å². The van der Waals surface area contributed by atoms with Gasteiger partial charge in [0.25, 0.3) is 0 Å². The van der Waals surface area contributed by atoms with Gasteiger partial charge in [-0.25, -0.2) is 0 Å². The van der Waals surface area contributed by atoms with Crippen LogP contribution in [0.25, 0.3) is 0 Å². The molecule has 0 fully saturated rings. The summed E-state index contributed by atoms with van der Waals surface area (Å²) < 4.78 is 0. The molecule has 1 aromatic rings. The predicted octanol–water partition coefficient (Wildman–Crippen LogP) is 2.91. The molecule has 0 radical (unpaired) electrons. The first-order valence-corrected chi connectivity index (χ1v) is 4.57. The Bertz CT molecular complexity index is 279. The van der Waals surface area contributed by atoms with E-state index in [1.807, 2.05) is 30.3 Å². The SMILES string of the molecule is CCC(C)/C(=N/O)c1ccccc1. The summed E-state index contributed by atoms with van der Waals surface area (Å²) in [6, 6.07) is 9.77. The molecule has 0 bridgehead atoms. The summed E-state index contributed by atoms with van der Waals surface area (Å²) in [7, 11) is 0. The van der Waals surface area contributed by atoms with E-state index in [4.69, 9.17) is 5.21 Å². The zero-order valence-corrected chi connectivity index (χ0v) is 8.07. The van der Waals surface area contributed by atoms with Crippen molar-refractivity contribution in [3.63, 3.8) is 0 Å². The second-order valence-electron chi connectivity index (χ2n) is 3.16. The lowest BCUT2D eigenvalue weighted by molar-refractivity contribution is 0.315. The van der Waals surface area contributed by atoms with E-state index in [9.17, 15) is 0 Å². The lowest BCUT2D eigenvalue weighted by Gasteiger charge is -2.10. The molecular weight excluding hydrogens is 162 g/mol. The highest BCUT2D eigenvalue weighted by atomic mass is 16.4. The number of nitrogens with zero attached hydrogens (tertiary/aromatic N) is 1. The van der Waals surface area contributed by atoms with Crippen molar-refractivity contribution in [2.24, 2.45) is 11.1 Å². The third kappa shape index (κ3) is 2.31. The molecule has 0 saturated heterocycles. The Kier molecular flexibility index (Phi) is 3.50. The third-order valence-electron chi connectivity index (χ3n) is 2.26. The summed E-state index contributed by atoms with van der Waals surface area (Å²) >= 11 is 0. The van der Waals surface area contributed by atoms with Crippen molar-refractivity contribution >= 4 is 5.71 Å². The number of rotatable bonds is 3. The summed E-state index contributed by atoms with van der Waals surface area (Å²) in [6.07, 6.45) is 0.980. The predicted molar refractivity (Wildman–Crippen MR) is 54.2 cm³/mol. The van der Waals surface area contributed by atoms with Crippen molar-refractivity contribution in [2.45, 2.75) is 20.3 Å². The van der Waals surface area contributed by atoms with E-state index in [0.717, 1.165) is 17.7 Å². The first-order chi connectivity index (χ1) is 6.29. The maximum absolute atomic E-state index is 8.87. The molecule has 1 N–H and O–H groups in total. The standard InChI is InChI=1S/C11H15NO/c1-3-9(2)11(12-13)10-7-5-4-6-8-10/h4-9,13H,3H2,1-2H3/b12-11-. The molecule has 1 aromatic carbocycles. The Labute approximate surface area is 78.9 Å². The molecule has 0 spiro atoms. The van der Waals surface area contributed by atoms with Crippen LogP contribution in [0.1, 0.15) is 25.8 Å². The molecule has 1 atom stereocenters. The zero-order chi connectivity index (χ0) is 9.68. The second-order valence-corrected chi connectivity index (χ2v) is 3.16. The normalized spacial score (nSPS) is 14.2. The monoisotopic (exact) mass is 177 g/mol. The van der Waals surface area contributed by atoms with Crippen LogP contribution in [-0.4, -0.2) is 10.9 Å². The Morgan fingerprint density at radius 2 is 2.00 bits per heavy atom. The highest BCUT2D eigenvalue weighted by Gasteiger charge is 2.10. The van der Waals surface area contributed by atoms with Gasteiger partial charge in [0.1, 0.15) is 0 Å². The van der Waals surface area contributed by atoms with E-state index in [2.05, 4.69) is 19.0 Å². The number of hydrogen-bond donors (Lipinski definition) is 1. The quantitative estimate of drug-likeness (QED) is 0.430.